The van der Waals surface area contributed by atoms with Gasteiger partial charge in [-0.3, -0.25) is 0 Å². The summed E-state index contributed by atoms with van der Waals surface area (Å²) < 4.78 is 5.60. The van der Waals surface area contributed by atoms with Crippen LogP contribution in [-0.2, 0) is 0 Å². The van der Waals surface area contributed by atoms with Crippen molar-refractivity contribution in [1.29, 1.82) is 0 Å². The predicted molar refractivity (Wildman–Crippen MR) is 71.8 cm³/mol. The lowest BCUT2D eigenvalue weighted by Crippen LogP contribution is -2.35. The number of aromatic nitrogens is 2. The molecule has 1 aromatic rings. The van der Waals surface area contributed by atoms with Crippen molar-refractivity contribution in [3.63, 3.8) is 0 Å². The monoisotopic (exact) mass is 250 g/mol. The van der Waals surface area contributed by atoms with Crippen LogP contribution in [0.1, 0.15) is 38.8 Å². The molecule has 1 saturated carbocycles. The fourth-order valence-electron chi connectivity index (χ4n) is 2.24. The van der Waals surface area contributed by atoms with Crippen molar-refractivity contribution in [2.75, 3.05) is 5.32 Å². The summed E-state index contributed by atoms with van der Waals surface area (Å²) in [6.45, 7) is 5.91. The standard InChI is InChI=1S/C13H22N4O/c1-8(2)18-12-7-9(3)15-13(17-12)16-11-6-4-5-10(11)14/h7-8,10-11H,4-6,14H2,1-3H3,(H,15,16,17). The lowest BCUT2D eigenvalue weighted by molar-refractivity contribution is 0.232. The largest absolute Gasteiger partial charge is 0.475 e. The van der Waals surface area contributed by atoms with E-state index in [1.54, 1.807) is 0 Å². The molecule has 2 unspecified atom stereocenters. The fourth-order valence-corrected chi connectivity index (χ4v) is 2.24. The lowest BCUT2D eigenvalue weighted by atomic mass is 10.2. The summed E-state index contributed by atoms with van der Waals surface area (Å²) in [5, 5.41) is 3.32. The number of aryl methyl sites for hydroxylation is 1. The molecule has 0 aromatic carbocycles. The van der Waals surface area contributed by atoms with E-state index in [1.165, 1.54) is 6.42 Å². The SMILES string of the molecule is Cc1cc(OC(C)C)nc(NC2CCCC2N)n1. The molecule has 2 atom stereocenters. The smallest absolute Gasteiger partial charge is 0.226 e. The van der Waals surface area contributed by atoms with E-state index in [0.717, 1.165) is 18.5 Å². The molecule has 0 bridgehead atoms. The minimum atomic E-state index is 0.112. The van der Waals surface area contributed by atoms with Gasteiger partial charge in [-0.2, -0.15) is 4.98 Å². The molecule has 5 nitrogen and oxygen atoms in total. The van der Waals surface area contributed by atoms with Gasteiger partial charge in [0, 0.05) is 23.8 Å². The van der Waals surface area contributed by atoms with Crippen LogP contribution >= 0.6 is 0 Å². The van der Waals surface area contributed by atoms with E-state index < -0.39 is 0 Å². The van der Waals surface area contributed by atoms with E-state index >= 15 is 0 Å². The Hall–Kier alpha value is -1.36. The summed E-state index contributed by atoms with van der Waals surface area (Å²) in [5.41, 5.74) is 6.93. The second kappa shape index (κ2) is 5.52. The van der Waals surface area contributed by atoms with Crippen LogP contribution < -0.4 is 15.8 Å². The Kier molecular flexibility index (Phi) is 4.01. The molecule has 0 saturated heterocycles. The minimum Gasteiger partial charge on any atom is -0.475 e. The van der Waals surface area contributed by atoms with Crippen molar-refractivity contribution in [2.24, 2.45) is 5.73 Å². The summed E-state index contributed by atoms with van der Waals surface area (Å²) in [7, 11) is 0. The van der Waals surface area contributed by atoms with E-state index in [1.807, 2.05) is 26.8 Å². The Morgan fingerprint density at radius 1 is 1.39 bits per heavy atom. The molecule has 1 aliphatic carbocycles. The summed E-state index contributed by atoms with van der Waals surface area (Å²) in [5.74, 6) is 1.24. The van der Waals surface area contributed by atoms with Gasteiger partial charge in [0.05, 0.1) is 6.10 Å². The first-order valence-electron chi connectivity index (χ1n) is 6.59. The van der Waals surface area contributed by atoms with Crippen LogP contribution in [0.25, 0.3) is 0 Å². The molecule has 18 heavy (non-hydrogen) atoms. The molecule has 5 heteroatoms. The third-order valence-corrected chi connectivity index (χ3v) is 3.07. The predicted octanol–water partition coefficient (Wildman–Crippen LogP) is 1.86. The summed E-state index contributed by atoms with van der Waals surface area (Å²) in [6, 6.07) is 2.32. The molecule has 1 heterocycles. The maximum Gasteiger partial charge on any atom is 0.226 e. The lowest BCUT2D eigenvalue weighted by Gasteiger charge is -2.18. The highest BCUT2D eigenvalue weighted by Crippen LogP contribution is 2.21. The van der Waals surface area contributed by atoms with Gasteiger partial charge in [-0.05, 0) is 40.0 Å². The van der Waals surface area contributed by atoms with Gasteiger partial charge < -0.3 is 15.8 Å². The second-order valence-electron chi connectivity index (χ2n) is 5.18. The zero-order valence-electron chi connectivity index (χ0n) is 11.3. The first-order valence-corrected chi connectivity index (χ1v) is 6.59. The van der Waals surface area contributed by atoms with E-state index in [4.69, 9.17) is 10.5 Å². The molecule has 2 rings (SSSR count). The molecule has 0 radical (unpaired) electrons. The van der Waals surface area contributed by atoms with E-state index in [-0.39, 0.29) is 18.2 Å². The van der Waals surface area contributed by atoms with Crippen molar-refractivity contribution in [2.45, 2.75) is 58.2 Å². The van der Waals surface area contributed by atoms with Gasteiger partial charge in [-0.1, -0.05) is 0 Å². The topological polar surface area (TPSA) is 73.1 Å². The molecule has 1 aromatic heterocycles. The van der Waals surface area contributed by atoms with Crippen molar-refractivity contribution in [3.05, 3.63) is 11.8 Å². The third kappa shape index (κ3) is 3.32. The number of anilines is 1. The summed E-state index contributed by atoms with van der Waals surface area (Å²) in [6.07, 6.45) is 3.43. The quantitative estimate of drug-likeness (QED) is 0.853. The minimum absolute atomic E-state index is 0.112. The summed E-state index contributed by atoms with van der Waals surface area (Å²) >= 11 is 0. The normalized spacial score (nSPS) is 23.4. The number of hydrogen-bond donors (Lipinski definition) is 2. The van der Waals surface area contributed by atoms with Gasteiger partial charge in [-0.25, -0.2) is 4.98 Å². The van der Waals surface area contributed by atoms with Gasteiger partial charge in [0.1, 0.15) is 0 Å². The van der Waals surface area contributed by atoms with Crippen molar-refractivity contribution in [3.8, 4) is 5.88 Å². The highest BCUT2D eigenvalue weighted by atomic mass is 16.5. The fraction of sp³-hybridized carbons (Fsp3) is 0.692. The van der Waals surface area contributed by atoms with Gasteiger partial charge in [0.15, 0.2) is 0 Å². The Labute approximate surface area is 108 Å². The zero-order chi connectivity index (χ0) is 13.1. The highest BCUT2D eigenvalue weighted by Gasteiger charge is 2.24. The number of nitrogens with one attached hydrogen (secondary N) is 1. The molecule has 0 spiro atoms. The first-order chi connectivity index (χ1) is 8.54. The van der Waals surface area contributed by atoms with Crippen LogP contribution in [0.3, 0.4) is 0 Å². The van der Waals surface area contributed by atoms with Crippen LogP contribution in [0.15, 0.2) is 6.07 Å². The third-order valence-electron chi connectivity index (χ3n) is 3.07. The number of ether oxygens (including phenoxy) is 1. The van der Waals surface area contributed by atoms with E-state index in [0.29, 0.717) is 11.8 Å². The zero-order valence-corrected chi connectivity index (χ0v) is 11.3. The maximum atomic E-state index is 6.03. The summed E-state index contributed by atoms with van der Waals surface area (Å²) in [4.78, 5) is 8.75. The molecule has 100 valence electrons. The highest BCUT2D eigenvalue weighted by molar-refractivity contribution is 5.32. The van der Waals surface area contributed by atoms with Gasteiger partial charge in [-0.15, -0.1) is 0 Å². The second-order valence-corrected chi connectivity index (χ2v) is 5.18. The van der Waals surface area contributed by atoms with Crippen LogP contribution in [-0.4, -0.2) is 28.2 Å². The molecule has 0 aliphatic heterocycles. The Bertz CT molecular complexity index is 408. The number of nitrogens with two attached hydrogens (primary N) is 1. The molecular weight excluding hydrogens is 228 g/mol. The van der Waals surface area contributed by atoms with Crippen LogP contribution in [0.5, 0.6) is 5.88 Å². The number of nitrogens with zero attached hydrogens (tertiary/aromatic N) is 2. The Morgan fingerprint density at radius 2 is 2.17 bits per heavy atom. The average molecular weight is 250 g/mol. The number of hydrogen-bond acceptors (Lipinski definition) is 5. The van der Waals surface area contributed by atoms with Crippen LogP contribution in [0.4, 0.5) is 5.95 Å². The first kappa shape index (κ1) is 13.1. The van der Waals surface area contributed by atoms with E-state index in [2.05, 4.69) is 15.3 Å². The number of rotatable bonds is 4. The maximum absolute atomic E-state index is 6.03. The van der Waals surface area contributed by atoms with Gasteiger partial charge in [0.2, 0.25) is 11.8 Å². The Balaban J connectivity index is 2.09. The molecule has 3 N–H and O–H groups in total. The van der Waals surface area contributed by atoms with Gasteiger partial charge in [0.25, 0.3) is 0 Å². The van der Waals surface area contributed by atoms with Gasteiger partial charge >= 0.3 is 0 Å². The van der Waals surface area contributed by atoms with Crippen molar-refractivity contribution in [1.82, 2.24) is 9.97 Å². The molecule has 1 aliphatic rings. The van der Waals surface area contributed by atoms with Crippen molar-refractivity contribution >= 4 is 5.95 Å². The van der Waals surface area contributed by atoms with E-state index in [9.17, 15) is 0 Å². The van der Waals surface area contributed by atoms with Crippen LogP contribution in [0.2, 0.25) is 0 Å². The molecule has 0 amide bonds. The average Bonchev–Trinajstić information content (AvgIpc) is 2.62. The van der Waals surface area contributed by atoms with Crippen molar-refractivity contribution < 1.29 is 4.74 Å². The molecular formula is C13H22N4O. The Morgan fingerprint density at radius 3 is 2.78 bits per heavy atom. The molecule has 1 fully saturated rings. The van der Waals surface area contributed by atoms with Crippen LogP contribution in [0, 0.1) is 6.92 Å².